The van der Waals surface area contributed by atoms with Crippen molar-refractivity contribution in [1.82, 2.24) is 4.90 Å². The van der Waals surface area contributed by atoms with Crippen LogP contribution in [0.2, 0.25) is 0 Å². The fraction of sp³-hybridized carbons (Fsp3) is 0.500. The van der Waals surface area contributed by atoms with Gasteiger partial charge < -0.3 is 9.64 Å². The monoisotopic (exact) mass is 399 g/mol. The van der Waals surface area contributed by atoms with E-state index in [4.69, 9.17) is 39.5 Å². The van der Waals surface area contributed by atoms with Gasteiger partial charge in [-0.2, -0.15) is 0 Å². The van der Waals surface area contributed by atoms with E-state index in [-0.39, 0.29) is 16.9 Å². The maximum absolute atomic E-state index is 12.5. The number of carbonyl (C=O) groups is 3. The molecular weight excluding hydrogens is 385 g/mol. The van der Waals surface area contributed by atoms with Crippen LogP contribution in [0.15, 0.2) is 23.5 Å². The van der Waals surface area contributed by atoms with Crippen molar-refractivity contribution in [1.29, 1.82) is 0 Å². The topological polar surface area (TPSA) is 63.7 Å². The Balaban J connectivity index is 3.48. The molecule has 0 radical (unpaired) electrons. The molecule has 1 rings (SSSR count). The number of allylic oxidation sites excluding steroid dienone is 2. The van der Waals surface area contributed by atoms with Gasteiger partial charge in [-0.3, -0.25) is 14.4 Å². The molecule has 2 atom stereocenters. The smallest absolute Gasteiger partial charge is 0.319 e. The van der Waals surface area contributed by atoms with Crippen LogP contribution < -0.4 is 0 Å². The van der Waals surface area contributed by atoms with Crippen LogP contribution in [0.1, 0.15) is 6.92 Å². The summed E-state index contributed by atoms with van der Waals surface area (Å²) in [4.78, 5) is 38.1. The molecule has 0 aromatic heterocycles. The van der Waals surface area contributed by atoms with Crippen LogP contribution in [0.5, 0.6) is 0 Å². The van der Waals surface area contributed by atoms with Crippen LogP contribution in [0, 0.1) is 5.92 Å². The Labute approximate surface area is 153 Å². The summed E-state index contributed by atoms with van der Waals surface area (Å²) in [5, 5.41) is -0.814. The van der Waals surface area contributed by atoms with Gasteiger partial charge >= 0.3 is 5.97 Å². The Kier molecular flexibility index (Phi) is 7.01. The van der Waals surface area contributed by atoms with E-state index in [1.807, 2.05) is 0 Å². The van der Waals surface area contributed by atoms with Gasteiger partial charge in [0.05, 0.1) is 7.11 Å². The summed E-state index contributed by atoms with van der Waals surface area (Å²) < 4.78 is 2.58. The summed E-state index contributed by atoms with van der Waals surface area (Å²) >= 11 is 18.3. The summed E-state index contributed by atoms with van der Waals surface area (Å²) in [6.45, 7) is 1.35. The molecule has 0 spiro atoms. The van der Waals surface area contributed by atoms with E-state index in [0.29, 0.717) is 0 Å². The molecule has 128 valence electrons. The Morgan fingerprint density at radius 1 is 1.26 bits per heavy atom. The summed E-state index contributed by atoms with van der Waals surface area (Å²) in [5.41, 5.74) is 0.349. The molecule has 0 saturated heterocycles. The van der Waals surface area contributed by atoms with E-state index < -0.39 is 26.7 Å². The number of hydrogen-bond acceptors (Lipinski definition) is 6. The Hall–Kier alpha value is -0.690. The van der Waals surface area contributed by atoms with Crippen molar-refractivity contribution >= 4 is 64.1 Å². The molecule has 0 aliphatic carbocycles. The molecule has 0 bridgehead atoms. The molecule has 0 aromatic carbocycles. The molecule has 1 aliphatic heterocycles. The van der Waals surface area contributed by atoms with Gasteiger partial charge in [0.15, 0.2) is 5.78 Å². The zero-order valence-corrected chi connectivity index (χ0v) is 16.0. The van der Waals surface area contributed by atoms with E-state index >= 15 is 0 Å². The van der Waals surface area contributed by atoms with Gasteiger partial charge in [-0.05, 0) is 13.2 Å². The lowest BCUT2D eigenvalue weighted by Gasteiger charge is -2.33. The molecule has 0 N–H and O–H groups in total. The number of methoxy groups -OCH3 is 1. The lowest BCUT2D eigenvalue weighted by molar-refractivity contribution is -0.140. The third-order valence-corrected chi connectivity index (χ3v) is 4.76. The normalized spacial score (nSPS) is 19.6. The second-order valence-corrected chi connectivity index (χ2v) is 8.14. The first-order valence-electron chi connectivity index (χ1n) is 6.43. The van der Waals surface area contributed by atoms with Crippen LogP contribution >= 0.6 is 46.6 Å². The van der Waals surface area contributed by atoms with E-state index in [1.54, 1.807) is 19.5 Å². The summed E-state index contributed by atoms with van der Waals surface area (Å²) in [6.07, 6.45) is 4.68. The lowest BCUT2D eigenvalue weighted by Crippen LogP contribution is -2.40. The van der Waals surface area contributed by atoms with Gasteiger partial charge in [0, 0.05) is 36.5 Å². The molecule has 0 aromatic rings. The SMILES string of the molecule is COC(=O)C(SC)C1C(C(C)=O)=CN(C)C=C1C(=O)C(Cl)(Cl)Cl. The van der Waals surface area contributed by atoms with E-state index in [0.717, 1.165) is 11.8 Å². The van der Waals surface area contributed by atoms with Crippen molar-refractivity contribution in [2.24, 2.45) is 5.92 Å². The average Bonchev–Trinajstić information content (AvgIpc) is 2.46. The van der Waals surface area contributed by atoms with Gasteiger partial charge in [0.1, 0.15) is 5.25 Å². The standard InChI is InChI=1S/C14H16Cl3NO4S/c1-7(19)8-5-18(2)6-9(12(20)14(15,16)17)10(8)11(23-4)13(21)22-3/h5-6,10-11H,1-4H3. The Morgan fingerprint density at radius 2 is 1.78 bits per heavy atom. The number of ketones is 2. The van der Waals surface area contributed by atoms with Crippen molar-refractivity contribution in [3.05, 3.63) is 23.5 Å². The van der Waals surface area contributed by atoms with Crippen molar-refractivity contribution in [3.63, 3.8) is 0 Å². The number of halogens is 3. The first-order valence-corrected chi connectivity index (χ1v) is 8.85. The first-order chi connectivity index (χ1) is 10.5. The molecular formula is C14H16Cl3NO4S. The third kappa shape index (κ3) is 4.66. The molecule has 9 heteroatoms. The Morgan fingerprint density at radius 3 is 2.17 bits per heavy atom. The Bertz CT molecular complexity index is 583. The fourth-order valence-electron chi connectivity index (χ4n) is 2.29. The molecule has 0 fully saturated rings. The van der Waals surface area contributed by atoms with Crippen LogP contribution in [-0.4, -0.2) is 51.9 Å². The van der Waals surface area contributed by atoms with E-state index in [1.165, 1.54) is 25.1 Å². The summed E-state index contributed by atoms with van der Waals surface area (Å²) in [7, 11) is 2.87. The molecule has 23 heavy (non-hydrogen) atoms. The van der Waals surface area contributed by atoms with Crippen LogP contribution in [-0.2, 0) is 19.1 Å². The number of alkyl halides is 3. The molecule has 0 amide bonds. The number of thioether (sulfide) groups is 1. The quantitative estimate of drug-likeness (QED) is 0.522. The number of ether oxygens (including phenoxy) is 1. The van der Waals surface area contributed by atoms with Crippen LogP contribution in [0.3, 0.4) is 0 Å². The largest absolute Gasteiger partial charge is 0.468 e. The highest BCUT2D eigenvalue weighted by molar-refractivity contribution is 7.99. The minimum Gasteiger partial charge on any atom is -0.468 e. The predicted octanol–water partition coefficient (Wildman–Crippen LogP) is 2.75. The number of nitrogens with zero attached hydrogens (tertiary/aromatic N) is 1. The van der Waals surface area contributed by atoms with Gasteiger partial charge in [-0.1, -0.05) is 34.8 Å². The van der Waals surface area contributed by atoms with E-state index in [2.05, 4.69) is 0 Å². The van der Waals surface area contributed by atoms with Crippen molar-refractivity contribution in [2.75, 3.05) is 20.4 Å². The van der Waals surface area contributed by atoms with Crippen molar-refractivity contribution < 1.29 is 19.1 Å². The molecule has 1 aliphatic rings. The second kappa shape index (κ2) is 7.92. The summed E-state index contributed by atoms with van der Waals surface area (Å²) in [5.74, 6) is -2.49. The van der Waals surface area contributed by atoms with Gasteiger partial charge in [-0.25, -0.2) is 0 Å². The highest BCUT2D eigenvalue weighted by atomic mass is 35.6. The molecule has 1 heterocycles. The molecule has 2 unspecified atom stereocenters. The first kappa shape index (κ1) is 20.4. The fourth-order valence-corrected chi connectivity index (χ4v) is 3.47. The van der Waals surface area contributed by atoms with Crippen molar-refractivity contribution in [3.8, 4) is 0 Å². The maximum Gasteiger partial charge on any atom is 0.319 e. The highest BCUT2D eigenvalue weighted by Crippen LogP contribution is 2.40. The van der Waals surface area contributed by atoms with E-state index in [9.17, 15) is 14.4 Å². The third-order valence-electron chi connectivity index (χ3n) is 3.27. The molecule has 0 saturated carbocycles. The maximum atomic E-state index is 12.5. The number of rotatable bonds is 5. The lowest BCUT2D eigenvalue weighted by atomic mass is 9.83. The average molecular weight is 401 g/mol. The second-order valence-electron chi connectivity index (χ2n) is 4.87. The van der Waals surface area contributed by atoms with Crippen LogP contribution in [0.4, 0.5) is 0 Å². The zero-order chi connectivity index (χ0) is 17.9. The van der Waals surface area contributed by atoms with Crippen LogP contribution in [0.25, 0.3) is 0 Å². The van der Waals surface area contributed by atoms with Gasteiger partial charge in [-0.15, -0.1) is 11.8 Å². The molecule has 5 nitrogen and oxygen atoms in total. The number of hydrogen-bond donors (Lipinski definition) is 0. The highest BCUT2D eigenvalue weighted by Gasteiger charge is 2.45. The van der Waals surface area contributed by atoms with Gasteiger partial charge in [0.2, 0.25) is 5.78 Å². The minimum absolute atomic E-state index is 0.0740. The summed E-state index contributed by atoms with van der Waals surface area (Å²) in [6, 6.07) is 0. The number of esters is 1. The number of Topliss-reactive ketones (excluding diaryl/α,β-unsaturated/α-hetero) is 2. The van der Waals surface area contributed by atoms with Gasteiger partial charge in [0.25, 0.3) is 3.79 Å². The minimum atomic E-state index is -2.19. The zero-order valence-electron chi connectivity index (χ0n) is 12.9. The van der Waals surface area contributed by atoms with Crippen molar-refractivity contribution in [2.45, 2.75) is 16.0 Å². The predicted molar refractivity (Wildman–Crippen MR) is 92.7 cm³/mol. The number of carbonyl (C=O) groups excluding carboxylic acids is 3.